The quantitative estimate of drug-likeness (QED) is 0.508. The number of amides is 2. The molecule has 2 amide bonds. The van der Waals surface area contributed by atoms with Crippen molar-refractivity contribution in [3.63, 3.8) is 0 Å². The van der Waals surface area contributed by atoms with Gasteiger partial charge in [0.2, 0.25) is 11.8 Å². The van der Waals surface area contributed by atoms with Crippen molar-refractivity contribution < 1.29 is 9.59 Å². The van der Waals surface area contributed by atoms with Gasteiger partial charge in [-0.2, -0.15) is 5.10 Å². The predicted molar refractivity (Wildman–Crippen MR) is 119 cm³/mol. The summed E-state index contributed by atoms with van der Waals surface area (Å²) in [7, 11) is 0. The molecule has 164 valence electrons. The van der Waals surface area contributed by atoms with Crippen LogP contribution in [-0.2, 0) is 21.5 Å². The van der Waals surface area contributed by atoms with E-state index in [4.69, 9.17) is 5.73 Å². The minimum atomic E-state index is -0.606. The highest BCUT2D eigenvalue weighted by molar-refractivity contribution is 5.91. The Kier molecular flexibility index (Phi) is 6.53. The molecule has 9 heteroatoms. The summed E-state index contributed by atoms with van der Waals surface area (Å²) >= 11 is 0. The van der Waals surface area contributed by atoms with Crippen molar-refractivity contribution in [2.24, 2.45) is 5.73 Å². The van der Waals surface area contributed by atoms with Gasteiger partial charge in [0.05, 0.1) is 17.1 Å². The number of carbonyl (C=O) groups is 2. The van der Waals surface area contributed by atoms with Gasteiger partial charge in [0, 0.05) is 19.4 Å². The Bertz CT molecular complexity index is 1070. The Hall–Kier alpha value is -3.49. The van der Waals surface area contributed by atoms with Gasteiger partial charge in [-0.1, -0.05) is 30.3 Å². The number of nitrogens with two attached hydrogens (primary N) is 1. The molecule has 1 aromatic carbocycles. The molecule has 0 aliphatic carbocycles. The summed E-state index contributed by atoms with van der Waals surface area (Å²) in [6.07, 6.45) is 2.24. The fourth-order valence-corrected chi connectivity index (χ4v) is 3.27. The number of nitrogens with zero attached hydrogens (tertiary/aromatic N) is 4. The van der Waals surface area contributed by atoms with Gasteiger partial charge in [-0.3, -0.25) is 9.59 Å². The molecule has 0 aliphatic rings. The third-order valence-corrected chi connectivity index (χ3v) is 4.76. The standard InChI is InChI=1S/C22H29N7O2/c1-14-26-19(16-13-25-29(20(16)27-14)22(2,3)4)28-17(12-15-8-6-5-7-9-15)21(31)24-11-10-18(23)30/h5-9,13,17H,10-12H2,1-4H3,(H2,23,30)(H,24,31)(H,26,27,28)/t17-/m1/s1. The normalized spacial score (nSPS) is 12.5. The van der Waals surface area contributed by atoms with Crippen molar-refractivity contribution in [3.8, 4) is 0 Å². The lowest BCUT2D eigenvalue weighted by atomic mass is 10.0. The van der Waals surface area contributed by atoms with E-state index in [-0.39, 0.29) is 24.4 Å². The lowest BCUT2D eigenvalue weighted by Crippen LogP contribution is -2.42. The number of carbonyl (C=O) groups excluding carboxylic acids is 2. The van der Waals surface area contributed by atoms with Crippen LogP contribution in [0.1, 0.15) is 38.6 Å². The highest BCUT2D eigenvalue weighted by Crippen LogP contribution is 2.25. The number of benzene rings is 1. The number of primary amides is 1. The van der Waals surface area contributed by atoms with Gasteiger partial charge in [0.1, 0.15) is 17.7 Å². The summed E-state index contributed by atoms with van der Waals surface area (Å²) in [5, 5.41) is 11.3. The van der Waals surface area contributed by atoms with Crippen LogP contribution in [0.15, 0.2) is 36.5 Å². The van der Waals surface area contributed by atoms with E-state index < -0.39 is 11.9 Å². The van der Waals surface area contributed by atoms with Gasteiger partial charge in [-0.25, -0.2) is 14.6 Å². The van der Waals surface area contributed by atoms with E-state index in [9.17, 15) is 9.59 Å². The zero-order valence-corrected chi connectivity index (χ0v) is 18.3. The smallest absolute Gasteiger partial charge is 0.242 e. The van der Waals surface area contributed by atoms with E-state index in [2.05, 4.69) is 25.7 Å². The maximum Gasteiger partial charge on any atom is 0.242 e. The van der Waals surface area contributed by atoms with Gasteiger partial charge in [0.15, 0.2) is 5.65 Å². The van der Waals surface area contributed by atoms with E-state index in [1.54, 1.807) is 6.20 Å². The van der Waals surface area contributed by atoms with Crippen LogP contribution in [0.2, 0.25) is 0 Å². The zero-order valence-electron chi connectivity index (χ0n) is 18.3. The molecule has 2 aromatic heterocycles. The number of anilines is 1. The number of hydrogen-bond acceptors (Lipinski definition) is 6. The number of hydrogen-bond donors (Lipinski definition) is 3. The summed E-state index contributed by atoms with van der Waals surface area (Å²) in [6.45, 7) is 8.14. The molecule has 9 nitrogen and oxygen atoms in total. The molecule has 0 spiro atoms. The SMILES string of the molecule is Cc1nc(N[C@H](Cc2ccccc2)C(=O)NCCC(N)=O)c2cnn(C(C)(C)C)c2n1. The van der Waals surface area contributed by atoms with E-state index in [1.807, 2.05) is 62.7 Å². The first kappa shape index (κ1) is 22.2. The second-order valence-electron chi connectivity index (χ2n) is 8.48. The fraction of sp³-hybridized carbons (Fsp3) is 0.409. The third kappa shape index (κ3) is 5.56. The molecule has 3 rings (SSSR count). The maximum atomic E-state index is 12.9. The summed E-state index contributed by atoms with van der Waals surface area (Å²) in [5.74, 6) is 0.422. The fourth-order valence-electron chi connectivity index (χ4n) is 3.27. The molecule has 4 N–H and O–H groups in total. The van der Waals surface area contributed by atoms with E-state index in [1.165, 1.54) is 0 Å². The topological polar surface area (TPSA) is 128 Å². The predicted octanol–water partition coefficient (Wildman–Crippen LogP) is 1.90. The van der Waals surface area contributed by atoms with Crippen LogP contribution in [0.3, 0.4) is 0 Å². The molecule has 0 saturated heterocycles. The first-order valence-electron chi connectivity index (χ1n) is 10.2. The average molecular weight is 424 g/mol. The number of nitrogens with one attached hydrogen (secondary N) is 2. The Balaban J connectivity index is 1.93. The first-order chi connectivity index (χ1) is 14.6. The van der Waals surface area contributed by atoms with Gasteiger partial charge in [0.25, 0.3) is 0 Å². The molecule has 0 aliphatic heterocycles. The third-order valence-electron chi connectivity index (χ3n) is 4.76. The molecule has 31 heavy (non-hydrogen) atoms. The lowest BCUT2D eigenvalue weighted by molar-refractivity contribution is -0.122. The highest BCUT2D eigenvalue weighted by Gasteiger charge is 2.24. The molecule has 0 fully saturated rings. The number of fused-ring (bicyclic) bond motifs is 1. The van der Waals surface area contributed by atoms with Crippen LogP contribution >= 0.6 is 0 Å². The van der Waals surface area contributed by atoms with Crippen LogP contribution in [-0.4, -0.2) is 44.1 Å². The Morgan fingerprint density at radius 3 is 2.52 bits per heavy atom. The van der Waals surface area contributed by atoms with E-state index in [0.29, 0.717) is 23.7 Å². The van der Waals surface area contributed by atoms with Crippen LogP contribution in [0.25, 0.3) is 11.0 Å². The number of rotatable bonds is 8. The second kappa shape index (κ2) is 9.11. The van der Waals surface area contributed by atoms with Crippen LogP contribution in [0.5, 0.6) is 0 Å². The van der Waals surface area contributed by atoms with Gasteiger partial charge < -0.3 is 16.4 Å². The molecule has 3 aromatic rings. The van der Waals surface area contributed by atoms with Crippen molar-refractivity contribution in [3.05, 3.63) is 47.9 Å². The molecule has 0 radical (unpaired) electrons. The van der Waals surface area contributed by atoms with Gasteiger partial charge in [-0.05, 0) is 33.3 Å². The van der Waals surface area contributed by atoms with E-state index in [0.717, 1.165) is 10.9 Å². The van der Waals surface area contributed by atoms with Gasteiger partial charge in [-0.15, -0.1) is 0 Å². The van der Waals surface area contributed by atoms with Crippen molar-refractivity contribution in [1.29, 1.82) is 0 Å². The van der Waals surface area contributed by atoms with Crippen molar-refractivity contribution in [1.82, 2.24) is 25.1 Å². The molecule has 0 unspecified atom stereocenters. The average Bonchev–Trinajstić information content (AvgIpc) is 3.12. The lowest BCUT2D eigenvalue weighted by Gasteiger charge is -2.21. The largest absolute Gasteiger partial charge is 0.370 e. The maximum absolute atomic E-state index is 12.9. The molecule has 2 heterocycles. The minimum absolute atomic E-state index is 0.0824. The highest BCUT2D eigenvalue weighted by atomic mass is 16.2. The van der Waals surface area contributed by atoms with Crippen molar-refractivity contribution in [2.75, 3.05) is 11.9 Å². The number of aromatic nitrogens is 4. The Morgan fingerprint density at radius 1 is 1.16 bits per heavy atom. The van der Waals surface area contributed by atoms with Gasteiger partial charge >= 0.3 is 0 Å². The van der Waals surface area contributed by atoms with Crippen LogP contribution < -0.4 is 16.4 Å². The monoisotopic (exact) mass is 423 g/mol. The van der Waals surface area contributed by atoms with Crippen LogP contribution in [0, 0.1) is 6.92 Å². The number of aryl methyl sites for hydroxylation is 1. The Labute approximate surface area is 181 Å². The summed E-state index contributed by atoms with van der Waals surface area (Å²) < 4.78 is 1.85. The van der Waals surface area contributed by atoms with Crippen LogP contribution in [0.4, 0.5) is 5.82 Å². The van der Waals surface area contributed by atoms with Crippen molar-refractivity contribution >= 4 is 28.7 Å². The van der Waals surface area contributed by atoms with E-state index >= 15 is 0 Å². The minimum Gasteiger partial charge on any atom is -0.370 e. The summed E-state index contributed by atoms with van der Waals surface area (Å²) in [5.41, 5.74) is 6.63. The molecule has 0 saturated carbocycles. The molecule has 1 atom stereocenters. The first-order valence-corrected chi connectivity index (χ1v) is 10.2. The molecular weight excluding hydrogens is 394 g/mol. The Morgan fingerprint density at radius 2 is 1.87 bits per heavy atom. The second-order valence-corrected chi connectivity index (χ2v) is 8.48. The summed E-state index contributed by atoms with van der Waals surface area (Å²) in [4.78, 5) is 33.1. The molecule has 0 bridgehead atoms. The molecular formula is C22H29N7O2. The summed E-state index contributed by atoms with van der Waals surface area (Å²) in [6, 6.07) is 9.10. The van der Waals surface area contributed by atoms with Crippen molar-refractivity contribution in [2.45, 2.75) is 52.1 Å². The zero-order chi connectivity index (χ0) is 22.6.